The highest BCUT2D eigenvalue weighted by molar-refractivity contribution is 5.52. The molecule has 2 aromatic rings. The molecular formula is C22H27FN2O. The molecule has 4 heteroatoms. The van der Waals surface area contributed by atoms with E-state index in [-0.39, 0.29) is 11.4 Å². The SMILES string of the molecule is CC1(C)C[C@@H]2CN(Cc3cccc(O)c3)CC[C@@H]2N1c1cccc(F)c1. The number of fused-ring (bicyclic) bond motifs is 1. The Bertz CT molecular complexity index is 791. The lowest BCUT2D eigenvalue weighted by atomic mass is 9.89. The molecule has 1 N–H and O–H groups in total. The Morgan fingerprint density at radius 2 is 1.96 bits per heavy atom. The quantitative estimate of drug-likeness (QED) is 0.884. The van der Waals surface area contributed by atoms with Crippen molar-refractivity contribution in [2.45, 2.75) is 44.8 Å². The van der Waals surface area contributed by atoms with Gasteiger partial charge < -0.3 is 10.0 Å². The predicted octanol–water partition coefficient (Wildman–Crippen LogP) is 4.41. The first kappa shape index (κ1) is 17.3. The number of likely N-dealkylation sites (tertiary alicyclic amines) is 1. The minimum atomic E-state index is -0.164. The summed E-state index contributed by atoms with van der Waals surface area (Å²) in [6, 6.07) is 15.0. The van der Waals surface area contributed by atoms with E-state index in [9.17, 15) is 9.50 Å². The largest absolute Gasteiger partial charge is 0.508 e. The molecule has 2 fully saturated rings. The van der Waals surface area contributed by atoms with Gasteiger partial charge in [-0.3, -0.25) is 4.90 Å². The molecule has 4 rings (SSSR count). The Morgan fingerprint density at radius 3 is 2.73 bits per heavy atom. The molecule has 0 aliphatic carbocycles. The lowest BCUT2D eigenvalue weighted by Crippen LogP contribution is -2.48. The smallest absolute Gasteiger partial charge is 0.125 e. The fourth-order valence-electron chi connectivity index (χ4n) is 5.05. The third kappa shape index (κ3) is 3.30. The van der Waals surface area contributed by atoms with E-state index in [0.717, 1.165) is 43.7 Å². The van der Waals surface area contributed by atoms with Crippen molar-refractivity contribution in [1.29, 1.82) is 0 Å². The summed E-state index contributed by atoms with van der Waals surface area (Å²) in [6.07, 6.45) is 2.20. The molecule has 0 spiro atoms. The zero-order valence-corrected chi connectivity index (χ0v) is 15.5. The van der Waals surface area contributed by atoms with Gasteiger partial charge in [0.1, 0.15) is 11.6 Å². The van der Waals surface area contributed by atoms with E-state index in [1.54, 1.807) is 12.1 Å². The van der Waals surface area contributed by atoms with Crippen LogP contribution in [0, 0.1) is 11.7 Å². The monoisotopic (exact) mass is 354 g/mol. The molecule has 0 bridgehead atoms. The van der Waals surface area contributed by atoms with E-state index in [1.165, 1.54) is 6.07 Å². The Balaban J connectivity index is 1.51. The minimum absolute atomic E-state index is 0.0319. The average molecular weight is 354 g/mol. The van der Waals surface area contributed by atoms with Gasteiger partial charge in [0.2, 0.25) is 0 Å². The van der Waals surface area contributed by atoms with Crippen molar-refractivity contribution in [3.63, 3.8) is 0 Å². The van der Waals surface area contributed by atoms with Gasteiger partial charge in [-0.15, -0.1) is 0 Å². The van der Waals surface area contributed by atoms with Crippen LogP contribution in [0.2, 0.25) is 0 Å². The average Bonchev–Trinajstić information content (AvgIpc) is 2.84. The van der Waals surface area contributed by atoms with Crippen molar-refractivity contribution in [2.75, 3.05) is 18.0 Å². The highest BCUT2D eigenvalue weighted by Crippen LogP contribution is 2.44. The van der Waals surface area contributed by atoms with Gasteiger partial charge >= 0.3 is 0 Å². The van der Waals surface area contributed by atoms with Gasteiger partial charge in [-0.25, -0.2) is 4.39 Å². The van der Waals surface area contributed by atoms with Crippen LogP contribution in [0.3, 0.4) is 0 Å². The summed E-state index contributed by atoms with van der Waals surface area (Å²) in [5, 5.41) is 9.69. The number of hydrogen-bond acceptors (Lipinski definition) is 3. The maximum Gasteiger partial charge on any atom is 0.125 e. The minimum Gasteiger partial charge on any atom is -0.508 e. The number of aromatic hydroxyl groups is 1. The molecule has 138 valence electrons. The molecule has 2 atom stereocenters. The highest BCUT2D eigenvalue weighted by atomic mass is 19.1. The first-order chi connectivity index (χ1) is 12.4. The van der Waals surface area contributed by atoms with E-state index >= 15 is 0 Å². The fraction of sp³-hybridized carbons (Fsp3) is 0.455. The Labute approximate surface area is 155 Å². The number of phenols is 1. The lowest BCUT2D eigenvalue weighted by Gasteiger charge is -2.42. The number of nitrogens with zero attached hydrogens (tertiary/aromatic N) is 2. The molecular weight excluding hydrogens is 327 g/mol. The normalized spacial score (nSPS) is 25.3. The van der Waals surface area contributed by atoms with Crippen molar-refractivity contribution in [3.05, 3.63) is 59.9 Å². The molecule has 2 aromatic carbocycles. The van der Waals surface area contributed by atoms with Gasteiger partial charge in [0, 0.05) is 36.9 Å². The van der Waals surface area contributed by atoms with Gasteiger partial charge in [0.15, 0.2) is 0 Å². The van der Waals surface area contributed by atoms with Crippen molar-refractivity contribution >= 4 is 5.69 Å². The van der Waals surface area contributed by atoms with E-state index < -0.39 is 0 Å². The van der Waals surface area contributed by atoms with Crippen LogP contribution in [0.25, 0.3) is 0 Å². The van der Waals surface area contributed by atoms with Crippen molar-refractivity contribution in [3.8, 4) is 5.75 Å². The zero-order valence-electron chi connectivity index (χ0n) is 15.5. The van der Waals surface area contributed by atoms with Gasteiger partial charge in [-0.1, -0.05) is 18.2 Å². The first-order valence-electron chi connectivity index (χ1n) is 9.47. The van der Waals surface area contributed by atoms with Gasteiger partial charge in [-0.05, 0) is 68.5 Å². The molecule has 0 radical (unpaired) electrons. The summed E-state index contributed by atoms with van der Waals surface area (Å²) >= 11 is 0. The molecule has 0 amide bonds. The number of hydrogen-bond donors (Lipinski definition) is 1. The molecule has 2 aliphatic heterocycles. The van der Waals surface area contributed by atoms with E-state index in [2.05, 4.69) is 29.7 Å². The van der Waals surface area contributed by atoms with Crippen LogP contribution in [-0.4, -0.2) is 34.7 Å². The molecule has 2 saturated heterocycles. The van der Waals surface area contributed by atoms with Crippen molar-refractivity contribution < 1.29 is 9.50 Å². The maximum atomic E-state index is 13.8. The van der Waals surface area contributed by atoms with E-state index in [4.69, 9.17) is 0 Å². The van der Waals surface area contributed by atoms with Crippen LogP contribution in [0.4, 0.5) is 10.1 Å². The third-order valence-electron chi connectivity index (χ3n) is 5.93. The molecule has 2 heterocycles. The predicted molar refractivity (Wildman–Crippen MR) is 103 cm³/mol. The second kappa shape index (κ2) is 6.58. The highest BCUT2D eigenvalue weighted by Gasteiger charge is 2.48. The molecule has 26 heavy (non-hydrogen) atoms. The number of anilines is 1. The Kier molecular flexibility index (Phi) is 4.39. The van der Waals surface area contributed by atoms with Gasteiger partial charge in [0.05, 0.1) is 0 Å². The topological polar surface area (TPSA) is 26.7 Å². The molecule has 2 aliphatic rings. The van der Waals surface area contributed by atoms with Crippen molar-refractivity contribution in [1.82, 2.24) is 4.90 Å². The van der Waals surface area contributed by atoms with Gasteiger partial charge in [0.25, 0.3) is 0 Å². The Hall–Kier alpha value is -2.07. The van der Waals surface area contributed by atoms with E-state index in [0.29, 0.717) is 17.7 Å². The summed E-state index contributed by atoms with van der Waals surface area (Å²) in [5.41, 5.74) is 2.19. The van der Waals surface area contributed by atoms with Crippen LogP contribution in [0.1, 0.15) is 32.3 Å². The molecule has 3 nitrogen and oxygen atoms in total. The fourth-order valence-corrected chi connectivity index (χ4v) is 5.05. The lowest BCUT2D eigenvalue weighted by molar-refractivity contribution is 0.161. The second-order valence-corrected chi connectivity index (χ2v) is 8.39. The number of halogens is 1. The number of phenolic OH excluding ortho intramolecular Hbond substituents is 1. The first-order valence-corrected chi connectivity index (χ1v) is 9.47. The maximum absolute atomic E-state index is 13.8. The third-order valence-corrected chi connectivity index (χ3v) is 5.93. The van der Waals surface area contributed by atoms with Crippen LogP contribution >= 0.6 is 0 Å². The van der Waals surface area contributed by atoms with Crippen LogP contribution in [-0.2, 0) is 6.54 Å². The molecule has 0 unspecified atom stereocenters. The Morgan fingerprint density at radius 1 is 1.15 bits per heavy atom. The summed E-state index contributed by atoms with van der Waals surface area (Å²) in [6.45, 7) is 7.50. The van der Waals surface area contributed by atoms with E-state index in [1.807, 2.05) is 24.3 Å². The van der Waals surface area contributed by atoms with Crippen molar-refractivity contribution in [2.24, 2.45) is 5.92 Å². The zero-order chi connectivity index (χ0) is 18.3. The summed E-state index contributed by atoms with van der Waals surface area (Å²) in [7, 11) is 0. The van der Waals surface area contributed by atoms with Crippen LogP contribution in [0.15, 0.2) is 48.5 Å². The van der Waals surface area contributed by atoms with Gasteiger partial charge in [-0.2, -0.15) is 0 Å². The number of piperidine rings is 1. The number of rotatable bonds is 3. The summed E-state index contributed by atoms with van der Waals surface area (Å²) < 4.78 is 13.8. The van der Waals surface area contributed by atoms with Crippen LogP contribution in [0.5, 0.6) is 5.75 Å². The second-order valence-electron chi connectivity index (χ2n) is 8.39. The molecule has 0 aromatic heterocycles. The molecule has 0 saturated carbocycles. The standard InChI is InChI=1S/C22H27FN2O/c1-22(2)13-17-15-24(14-16-5-3-8-20(26)11-16)10-9-21(17)25(22)19-7-4-6-18(23)12-19/h3-8,11-12,17,21,26H,9-10,13-15H2,1-2H3/t17-,21+/m1/s1. The van der Waals surface area contributed by atoms with Crippen LogP contribution < -0.4 is 4.90 Å². The number of benzene rings is 2. The summed E-state index contributed by atoms with van der Waals surface area (Å²) in [5.74, 6) is 0.749. The summed E-state index contributed by atoms with van der Waals surface area (Å²) in [4.78, 5) is 4.94.